The van der Waals surface area contributed by atoms with Crippen LogP contribution in [0.5, 0.6) is 5.75 Å². The number of carbonyl (C=O) groups excluding carboxylic acids is 1. The maximum Gasteiger partial charge on any atom is 0.338 e. The van der Waals surface area contributed by atoms with E-state index in [0.717, 1.165) is 17.6 Å². The molecule has 6 nitrogen and oxygen atoms in total. The van der Waals surface area contributed by atoms with Crippen molar-refractivity contribution in [3.63, 3.8) is 0 Å². The minimum atomic E-state index is -0.579. The molecule has 1 aliphatic heterocycles. The highest BCUT2D eigenvalue weighted by molar-refractivity contribution is 14.1. The number of esters is 1. The average Bonchev–Trinajstić information content (AvgIpc) is 3.41. The first-order valence-corrected chi connectivity index (χ1v) is 14.2. The van der Waals surface area contributed by atoms with Gasteiger partial charge in [-0.2, -0.15) is 0 Å². The summed E-state index contributed by atoms with van der Waals surface area (Å²) in [7, 11) is 0. The summed E-state index contributed by atoms with van der Waals surface area (Å²) in [5.74, 6) is 0.244. The van der Waals surface area contributed by atoms with Crippen LogP contribution in [0.1, 0.15) is 30.3 Å². The molecule has 0 saturated heterocycles. The zero-order chi connectivity index (χ0) is 24.4. The number of hydrogen-bond acceptors (Lipinski definition) is 7. The zero-order valence-electron chi connectivity index (χ0n) is 18.3. The van der Waals surface area contributed by atoms with Gasteiger partial charge in [0.05, 0.1) is 26.0 Å². The van der Waals surface area contributed by atoms with Crippen LogP contribution in [0.3, 0.4) is 0 Å². The lowest BCUT2D eigenvalue weighted by molar-refractivity contribution is -0.139. The standard InChI is InChI=1S/C24H20I2N2O4S2/c1-4-8-32-21-14(10-15(25)12-16(21)26)11-18-22(29)28-20(17-7-6-9-33-17)19(23(30)31-5-2)13(3)27-24(28)34-18/h4,6-7,9-12,20H,1,5,8H2,2-3H3/b18-11-/t20-/m0/s1. The molecule has 3 aromatic rings. The van der Waals surface area contributed by atoms with Crippen molar-refractivity contribution in [2.75, 3.05) is 13.2 Å². The first-order valence-electron chi connectivity index (χ1n) is 10.3. The van der Waals surface area contributed by atoms with Crippen molar-refractivity contribution in [3.05, 3.63) is 90.8 Å². The number of thiazole rings is 1. The van der Waals surface area contributed by atoms with Gasteiger partial charge in [-0.15, -0.1) is 11.3 Å². The van der Waals surface area contributed by atoms with E-state index < -0.39 is 12.0 Å². The van der Waals surface area contributed by atoms with Gasteiger partial charge in [0.15, 0.2) is 4.80 Å². The second kappa shape index (κ2) is 10.9. The summed E-state index contributed by atoms with van der Waals surface area (Å²) in [5.41, 5.74) is 1.54. The normalized spacial score (nSPS) is 15.6. The zero-order valence-corrected chi connectivity index (χ0v) is 24.3. The van der Waals surface area contributed by atoms with E-state index in [2.05, 4.69) is 56.8 Å². The number of rotatable bonds is 7. The Bertz CT molecular complexity index is 1470. The highest BCUT2D eigenvalue weighted by atomic mass is 127. The fraction of sp³-hybridized carbons (Fsp3) is 0.208. The summed E-state index contributed by atoms with van der Waals surface area (Å²) in [6.07, 6.45) is 3.52. The molecule has 0 saturated carbocycles. The molecule has 0 radical (unpaired) electrons. The highest BCUT2D eigenvalue weighted by Crippen LogP contribution is 2.33. The molecule has 1 atom stereocenters. The second-order valence-electron chi connectivity index (χ2n) is 7.22. The number of benzene rings is 1. The van der Waals surface area contributed by atoms with Gasteiger partial charge in [-0.05, 0) is 88.7 Å². The van der Waals surface area contributed by atoms with Crippen molar-refractivity contribution in [3.8, 4) is 5.75 Å². The predicted octanol–water partition coefficient (Wildman–Crippen LogP) is 4.63. The van der Waals surface area contributed by atoms with Gasteiger partial charge in [-0.3, -0.25) is 9.36 Å². The smallest absolute Gasteiger partial charge is 0.338 e. The highest BCUT2D eigenvalue weighted by Gasteiger charge is 2.33. The summed E-state index contributed by atoms with van der Waals surface area (Å²) in [5, 5.41) is 1.93. The van der Waals surface area contributed by atoms with Crippen LogP contribution in [-0.4, -0.2) is 23.8 Å². The third-order valence-electron chi connectivity index (χ3n) is 5.00. The molecule has 1 aliphatic rings. The summed E-state index contributed by atoms with van der Waals surface area (Å²) < 4.78 is 15.3. The Hall–Kier alpha value is -1.77. The van der Waals surface area contributed by atoms with Gasteiger partial charge in [0.1, 0.15) is 18.4 Å². The molecule has 1 aromatic carbocycles. The molecule has 0 bridgehead atoms. The lowest BCUT2D eigenvalue weighted by Crippen LogP contribution is -2.39. The van der Waals surface area contributed by atoms with Crippen molar-refractivity contribution >= 4 is 79.9 Å². The third kappa shape index (κ3) is 4.95. The summed E-state index contributed by atoms with van der Waals surface area (Å²) in [4.78, 5) is 32.6. The van der Waals surface area contributed by atoms with Crippen LogP contribution in [0, 0.1) is 7.14 Å². The number of nitrogens with zero attached hydrogens (tertiary/aromatic N) is 2. The molecule has 0 unspecified atom stereocenters. The molecule has 0 amide bonds. The van der Waals surface area contributed by atoms with E-state index in [4.69, 9.17) is 9.47 Å². The quantitative estimate of drug-likeness (QED) is 0.203. The lowest BCUT2D eigenvalue weighted by Gasteiger charge is -2.23. The van der Waals surface area contributed by atoms with Crippen molar-refractivity contribution in [2.24, 2.45) is 4.99 Å². The van der Waals surface area contributed by atoms with Crippen molar-refractivity contribution in [2.45, 2.75) is 19.9 Å². The number of thiophene rings is 1. The minimum absolute atomic E-state index is 0.208. The predicted molar refractivity (Wildman–Crippen MR) is 152 cm³/mol. The number of hydrogen-bond donors (Lipinski definition) is 0. The van der Waals surface area contributed by atoms with Crippen LogP contribution >= 0.6 is 67.9 Å². The van der Waals surface area contributed by atoms with Crippen molar-refractivity contribution in [1.82, 2.24) is 4.57 Å². The molecule has 10 heteroatoms. The Balaban J connectivity index is 1.94. The monoisotopic (exact) mass is 718 g/mol. The molecular weight excluding hydrogens is 698 g/mol. The number of aromatic nitrogens is 1. The molecule has 34 heavy (non-hydrogen) atoms. The maximum atomic E-state index is 13.7. The van der Waals surface area contributed by atoms with Gasteiger partial charge in [-0.1, -0.05) is 30.1 Å². The van der Waals surface area contributed by atoms with Crippen LogP contribution in [0.2, 0.25) is 0 Å². The van der Waals surface area contributed by atoms with Crippen LogP contribution in [0.15, 0.2) is 63.4 Å². The van der Waals surface area contributed by atoms with Crippen LogP contribution in [-0.2, 0) is 9.53 Å². The fourth-order valence-corrected chi connectivity index (χ4v) is 7.54. The first kappa shape index (κ1) is 25.3. The number of ether oxygens (including phenoxy) is 2. The maximum absolute atomic E-state index is 13.7. The van der Waals surface area contributed by atoms with Crippen molar-refractivity contribution in [1.29, 1.82) is 0 Å². The van der Waals surface area contributed by atoms with E-state index in [9.17, 15) is 9.59 Å². The molecule has 2 aromatic heterocycles. The summed E-state index contributed by atoms with van der Waals surface area (Å²) in [6, 6.07) is 7.25. The Kier molecular flexibility index (Phi) is 8.10. The van der Waals surface area contributed by atoms with E-state index in [1.807, 2.05) is 35.7 Å². The summed E-state index contributed by atoms with van der Waals surface area (Å²) in [6.45, 7) is 7.88. The largest absolute Gasteiger partial charge is 0.488 e. The molecule has 0 N–H and O–H groups in total. The van der Waals surface area contributed by atoms with Gasteiger partial charge in [0.2, 0.25) is 0 Å². The fourth-order valence-electron chi connectivity index (χ4n) is 3.63. The van der Waals surface area contributed by atoms with Crippen LogP contribution in [0.25, 0.3) is 6.08 Å². The molecule has 4 rings (SSSR count). The topological polar surface area (TPSA) is 69.9 Å². The Morgan fingerprint density at radius 2 is 2.15 bits per heavy atom. The first-order chi connectivity index (χ1) is 16.3. The third-order valence-corrected chi connectivity index (χ3v) is 8.33. The van der Waals surface area contributed by atoms with E-state index in [1.54, 1.807) is 24.5 Å². The number of allylic oxidation sites excluding steroid dienone is 1. The molecule has 0 fully saturated rings. The molecular formula is C24H20I2N2O4S2. The second-order valence-corrected chi connectivity index (χ2v) is 11.6. The Morgan fingerprint density at radius 3 is 2.82 bits per heavy atom. The van der Waals surface area contributed by atoms with Gasteiger partial charge in [0, 0.05) is 14.0 Å². The van der Waals surface area contributed by atoms with Gasteiger partial charge >= 0.3 is 5.97 Å². The molecule has 176 valence electrons. The summed E-state index contributed by atoms with van der Waals surface area (Å²) >= 11 is 7.27. The number of fused-ring (bicyclic) bond motifs is 1. The van der Waals surface area contributed by atoms with Crippen molar-refractivity contribution < 1.29 is 14.3 Å². The van der Waals surface area contributed by atoms with Gasteiger partial charge < -0.3 is 9.47 Å². The minimum Gasteiger partial charge on any atom is -0.488 e. The lowest BCUT2D eigenvalue weighted by atomic mass is 10.0. The van der Waals surface area contributed by atoms with Gasteiger partial charge in [0.25, 0.3) is 5.56 Å². The Morgan fingerprint density at radius 1 is 1.35 bits per heavy atom. The van der Waals surface area contributed by atoms with Gasteiger partial charge in [-0.25, -0.2) is 9.79 Å². The molecule has 0 aliphatic carbocycles. The van der Waals surface area contributed by atoms with Crippen LogP contribution < -0.4 is 19.6 Å². The SMILES string of the molecule is C=CCOc1c(I)cc(I)cc1/C=c1\sc2n(c1=O)[C@@H](c1cccs1)C(C(=O)OCC)=C(C)N=2. The molecule has 3 heterocycles. The van der Waals surface area contributed by atoms with E-state index in [0.29, 0.717) is 33.0 Å². The Labute approximate surface area is 231 Å². The van der Waals surface area contributed by atoms with E-state index in [1.165, 1.54) is 22.7 Å². The number of halogens is 2. The van der Waals surface area contributed by atoms with E-state index >= 15 is 0 Å². The average molecular weight is 718 g/mol. The number of carbonyl (C=O) groups is 1. The van der Waals surface area contributed by atoms with E-state index in [-0.39, 0.29) is 12.2 Å². The van der Waals surface area contributed by atoms with Crippen LogP contribution in [0.4, 0.5) is 0 Å². The molecule has 0 spiro atoms.